The van der Waals surface area contributed by atoms with Crippen LogP contribution in [0.1, 0.15) is 77.0 Å². The van der Waals surface area contributed by atoms with Crippen LogP contribution in [0.4, 0.5) is 4.79 Å². The Morgan fingerprint density at radius 1 is 0.500 bits per heavy atom. The van der Waals surface area contributed by atoms with Gasteiger partial charge in [-0.25, -0.2) is 4.79 Å². The number of carbonyl (C=O) groups is 13. The predicted molar refractivity (Wildman–Crippen MR) is 280 cm³/mol. The van der Waals surface area contributed by atoms with E-state index in [2.05, 4.69) is 31.9 Å². The van der Waals surface area contributed by atoms with Crippen molar-refractivity contribution in [1.82, 2.24) is 36.8 Å². The average Bonchev–Trinajstić information content (AvgIpc) is 4.00. The minimum absolute atomic E-state index is 0.0236. The molecule has 1 unspecified atom stereocenters. The number of carboxylic acids is 1. The van der Waals surface area contributed by atoms with Crippen molar-refractivity contribution >= 4 is 76.5 Å². The van der Waals surface area contributed by atoms with Crippen molar-refractivity contribution in [3.63, 3.8) is 0 Å². The highest BCUT2D eigenvalue weighted by molar-refractivity contribution is 6.13. The molecule has 1 heterocycles. The summed E-state index contributed by atoms with van der Waals surface area (Å²) in [5, 5.41) is 121. The number of ether oxygens (including phenoxy) is 3. The molecule has 0 fully saturated rings. The Hall–Kier alpha value is -6.83. The van der Waals surface area contributed by atoms with Crippen LogP contribution in [-0.4, -0.2) is 278 Å². The normalized spacial score (nSPS) is 15.7. The number of rotatable bonds is 48. The van der Waals surface area contributed by atoms with E-state index in [9.17, 15) is 103 Å². The zero-order chi connectivity index (χ0) is 63.3. The summed E-state index contributed by atoms with van der Waals surface area (Å²) >= 11 is 0. The Labute approximate surface area is 480 Å². The van der Waals surface area contributed by atoms with Gasteiger partial charge in [-0.2, -0.15) is 0 Å². The fourth-order valence-electron chi connectivity index (χ4n) is 7.16. The fourth-order valence-corrected chi connectivity index (χ4v) is 7.16. The number of imide groups is 1. The molecule has 0 bridgehead atoms. The van der Waals surface area contributed by atoms with E-state index >= 15 is 0 Å². The Morgan fingerprint density at radius 3 is 1.61 bits per heavy atom. The standard InChI is InChI=1S/C50H79N7O27/c58-25-36(66)47(78)45(76)34(64)5-4-33(63)32(3-8-40(70)55-24-35(65)46(77)48(79)37(67)26-59)56-49(80)28(27-84-50(81)52-14-11-44(74)75)21-31(62)23-54-39(69)7-2-30(61)22-53-38(68)6-1-29(60)13-17-82-19-20-83-18-15-51-41(71)12-16-57-42(72)9-10-43(57)73/h9-10,28,32,34-37,45-48,58-59,64-67,76-79H,1-8,11-27H2,(H,51,71)(H,52,81)(H,53,68)(H,54,69)(H,55,70)(H,56,80)(H,74,75)/t28-,32?,34-,35-,36+,37+,45+,46+,47+,48+/m0/s1. The summed E-state index contributed by atoms with van der Waals surface area (Å²) in [6, 6.07) is -1.70. The van der Waals surface area contributed by atoms with Gasteiger partial charge in [-0.3, -0.25) is 62.4 Å². The zero-order valence-electron chi connectivity index (χ0n) is 46.0. The summed E-state index contributed by atoms with van der Waals surface area (Å²) in [5.41, 5.74) is 0. The summed E-state index contributed by atoms with van der Waals surface area (Å²) in [6.07, 6.45) is -20.2. The zero-order valence-corrected chi connectivity index (χ0v) is 46.0. The number of aliphatic hydroxyl groups is 10. The lowest BCUT2D eigenvalue weighted by molar-refractivity contribution is -0.138. The van der Waals surface area contributed by atoms with E-state index in [-0.39, 0.29) is 76.9 Å². The van der Waals surface area contributed by atoms with Gasteiger partial charge in [0.1, 0.15) is 49.0 Å². The largest absolute Gasteiger partial charge is 0.481 e. The lowest BCUT2D eigenvalue weighted by Crippen LogP contribution is -2.50. The molecule has 10 atom stereocenters. The predicted octanol–water partition coefficient (Wildman–Crippen LogP) is -8.85. The van der Waals surface area contributed by atoms with Crippen LogP contribution in [0.25, 0.3) is 0 Å². The first-order valence-corrected chi connectivity index (χ1v) is 26.6. The van der Waals surface area contributed by atoms with Crippen molar-refractivity contribution in [2.24, 2.45) is 5.92 Å². The number of hydrogen-bond donors (Lipinski definition) is 17. The van der Waals surface area contributed by atoms with Gasteiger partial charge in [-0.05, 0) is 12.8 Å². The van der Waals surface area contributed by atoms with Crippen molar-refractivity contribution in [2.45, 2.75) is 132 Å². The Balaban J connectivity index is 2.75. The molecule has 0 radical (unpaired) electrons. The van der Waals surface area contributed by atoms with Crippen LogP contribution in [0.2, 0.25) is 0 Å². The van der Waals surface area contributed by atoms with Crippen LogP contribution < -0.4 is 31.9 Å². The number of carbonyl (C=O) groups excluding carboxylic acids is 12. The maximum absolute atomic E-state index is 13.8. The molecule has 0 spiro atoms. The van der Waals surface area contributed by atoms with Gasteiger partial charge in [-0.1, -0.05) is 0 Å². The number of Topliss-reactive ketones (excluding diaryl/α,β-unsaturated/α-hetero) is 4. The van der Waals surface area contributed by atoms with Gasteiger partial charge < -0.3 is 102 Å². The molecule has 84 heavy (non-hydrogen) atoms. The molecule has 1 aliphatic rings. The highest BCUT2D eigenvalue weighted by Crippen LogP contribution is 2.15. The van der Waals surface area contributed by atoms with E-state index in [1.54, 1.807) is 0 Å². The summed E-state index contributed by atoms with van der Waals surface area (Å²) in [7, 11) is 0. The molecular formula is C50H79N7O27. The van der Waals surface area contributed by atoms with Crippen molar-refractivity contribution in [3.8, 4) is 0 Å². The smallest absolute Gasteiger partial charge is 0.407 e. The van der Waals surface area contributed by atoms with Crippen LogP contribution in [0.15, 0.2) is 12.2 Å². The Bertz CT molecular complexity index is 2200. The van der Waals surface area contributed by atoms with E-state index in [0.29, 0.717) is 0 Å². The Kier molecular flexibility index (Phi) is 37.6. The van der Waals surface area contributed by atoms with Gasteiger partial charge in [0.05, 0.1) is 83.3 Å². The topological polar surface area (TPSA) is 548 Å². The van der Waals surface area contributed by atoms with Crippen LogP contribution in [-0.2, 0) is 71.7 Å². The van der Waals surface area contributed by atoms with Gasteiger partial charge in [0.25, 0.3) is 11.8 Å². The summed E-state index contributed by atoms with van der Waals surface area (Å²) in [5.74, 6) is -10.7. The number of ketones is 4. The maximum Gasteiger partial charge on any atom is 0.407 e. The third kappa shape index (κ3) is 32.3. The maximum atomic E-state index is 13.8. The highest BCUT2D eigenvalue weighted by Gasteiger charge is 2.34. The number of alkyl carbamates (subject to hydrolysis) is 1. The van der Waals surface area contributed by atoms with E-state index in [0.717, 1.165) is 17.1 Å². The third-order valence-corrected chi connectivity index (χ3v) is 12.2. The molecule has 34 nitrogen and oxygen atoms in total. The minimum atomic E-state index is -2.10. The molecule has 0 aromatic rings. The van der Waals surface area contributed by atoms with Crippen molar-refractivity contribution in [3.05, 3.63) is 12.2 Å². The number of amides is 8. The number of nitrogens with zero attached hydrogens (tertiary/aromatic N) is 1. The quantitative estimate of drug-likeness (QED) is 0.0199. The molecule has 1 rings (SSSR count). The molecule has 0 saturated heterocycles. The van der Waals surface area contributed by atoms with Crippen LogP contribution in [0.3, 0.4) is 0 Å². The number of hydrogen-bond acceptors (Lipinski definition) is 26. The Morgan fingerprint density at radius 2 is 1.02 bits per heavy atom. The van der Waals surface area contributed by atoms with E-state index in [4.69, 9.17) is 29.5 Å². The third-order valence-electron chi connectivity index (χ3n) is 12.2. The molecular weight excluding hydrogens is 1130 g/mol. The van der Waals surface area contributed by atoms with E-state index in [1.807, 2.05) is 0 Å². The van der Waals surface area contributed by atoms with Gasteiger partial charge in [0.15, 0.2) is 17.3 Å². The van der Waals surface area contributed by atoms with E-state index in [1.165, 1.54) is 0 Å². The minimum Gasteiger partial charge on any atom is -0.481 e. The fraction of sp³-hybridized carbons (Fsp3) is 0.700. The summed E-state index contributed by atoms with van der Waals surface area (Å²) in [6.45, 7) is -4.80. The molecule has 0 aromatic carbocycles. The second-order valence-corrected chi connectivity index (χ2v) is 19.0. The number of aliphatic carboxylic acids is 1. The molecule has 0 aromatic heterocycles. The molecule has 17 N–H and O–H groups in total. The van der Waals surface area contributed by atoms with Gasteiger partial charge >= 0.3 is 12.1 Å². The molecule has 8 amide bonds. The van der Waals surface area contributed by atoms with Crippen molar-refractivity contribution < 1.29 is 133 Å². The highest BCUT2D eigenvalue weighted by atomic mass is 16.5. The lowest BCUT2D eigenvalue weighted by atomic mass is 9.95. The van der Waals surface area contributed by atoms with Crippen LogP contribution >= 0.6 is 0 Å². The molecule has 34 heteroatoms. The number of nitrogens with one attached hydrogen (secondary N) is 6. The summed E-state index contributed by atoms with van der Waals surface area (Å²) < 4.78 is 15.7. The van der Waals surface area contributed by atoms with Crippen LogP contribution in [0.5, 0.6) is 0 Å². The van der Waals surface area contributed by atoms with Gasteiger partial charge in [0, 0.05) is 96.1 Å². The number of aliphatic hydroxyl groups excluding tert-OH is 10. The molecule has 0 saturated carbocycles. The van der Waals surface area contributed by atoms with Crippen molar-refractivity contribution in [2.75, 3.05) is 85.5 Å². The SMILES string of the molecule is O=C(O)CCNC(=O)OC[C@H](CC(=O)CNC(=O)CCC(=O)CNC(=O)CCC(=O)CCOCCOCCNC(=O)CCN1C(=O)C=CC1=O)C(=O)NC(CCC(=O)NC[C@H](O)[C@@H](O)[C@H](O)[C@H](O)CO)C(=O)CC[C@H](O)[C@@H](O)[C@H](O)[C@H](O)CO. The van der Waals surface area contributed by atoms with Gasteiger partial charge in [-0.15, -0.1) is 0 Å². The molecule has 0 aliphatic carbocycles. The number of carboxylic acid groups (broad SMARTS) is 1. The lowest BCUT2D eigenvalue weighted by Gasteiger charge is -2.26. The van der Waals surface area contributed by atoms with Crippen molar-refractivity contribution in [1.29, 1.82) is 0 Å². The first-order valence-electron chi connectivity index (χ1n) is 26.6. The molecule has 476 valence electrons. The second-order valence-electron chi connectivity index (χ2n) is 19.0. The van der Waals surface area contributed by atoms with Crippen LogP contribution in [0, 0.1) is 5.92 Å². The average molecular weight is 1210 g/mol. The second kappa shape index (κ2) is 42.1. The van der Waals surface area contributed by atoms with Gasteiger partial charge in [0.2, 0.25) is 29.5 Å². The summed E-state index contributed by atoms with van der Waals surface area (Å²) in [4.78, 5) is 162. The monoisotopic (exact) mass is 1210 g/mol. The first kappa shape index (κ1) is 75.2. The molecule has 1 aliphatic heterocycles. The first-order chi connectivity index (χ1) is 39.7. The van der Waals surface area contributed by atoms with E-state index < -0.39 is 223 Å².